The SMILES string of the molecule is Cc1cc(C)c2oc(CCC3CCNCC3)nc2c1. The second-order valence-corrected chi connectivity index (χ2v) is 5.77. The lowest BCUT2D eigenvalue weighted by Crippen LogP contribution is -2.27. The summed E-state index contributed by atoms with van der Waals surface area (Å²) in [5.41, 5.74) is 4.42. The highest BCUT2D eigenvalue weighted by atomic mass is 16.3. The van der Waals surface area contributed by atoms with E-state index in [1.54, 1.807) is 0 Å². The highest BCUT2D eigenvalue weighted by molar-refractivity contribution is 5.77. The Bertz CT molecular complexity index is 567. The summed E-state index contributed by atoms with van der Waals surface area (Å²) in [7, 11) is 0. The molecule has 0 radical (unpaired) electrons. The van der Waals surface area contributed by atoms with Crippen molar-refractivity contribution in [1.82, 2.24) is 10.3 Å². The molecule has 0 saturated carbocycles. The van der Waals surface area contributed by atoms with E-state index in [4.69, 9.17) is 4.42 Å². The highest BCUT2D eigenvalue weighted by Gasteiger charge is 2.15. The molecule has 0 spiro atoms. The maximum atomic E-state index is 5.92. The lowest BCUT2D eigenvalue weighted by molar-refractivity contribution is 0.343. The lowest BCUT2D eigenvalue weighted by atomic mass is 9.93. The number of nitrogens with zero attached hydrogens (tertiary/aromatic N) is 1. The molecule has 2 aromatic rings. The van der Waals surface area contributed by atoms with Crippen molar-refractivity contribution in [3.05, 3.63) is 29.2 Å². The fourth-order valence-electron chi connectivity index (χ4n) is 3.03. The summed E-state index contributed by atoms with van der Waals surface area (Å²) in [6, 6.07) is 4.27. The van der Waals surface area contributed by atoms with Crippen LogP contribution in [0.15, 0.2) is 16.5 Å². The summed E-state index contributed by atoms with van der Waals surface area (Å²) in [6.45, 7) is 6.53. The van der Waals surface area contributed by atoms with Crippen LogP contribution < -0.4 is 5.32 Å². The van der Waals surface area contributed by atoms with Gasteiger partial charge >= 0.3 is 0 Å². The Balaban J connectivity index is 1.72. The second-order valence-electron chi connectivity index (χ2n) is 5.77. The minimum atomic E-state index is 0.832. The van der Waals surface area contributed by atoms with Gasteiger partial charge in [0.05, 0.1) is 0 Å². The molecule has 2 heterocycles. The van der Waals surface area contributed by atoms with Crippen LogP contribution in [-0.2, 0) is 6.42 Å². The molecule has 19 heavy (non-hydrogen) atoms. The Morgan fingerprint density at radius 1 is 1.26 bits per heavy atom. The van der Waals surface area contributed by atoms with Gasteiger partial charge in [-0.3, -0.25) is 0 Å². The zero-order valence-electron chi connectivity index (χ0n) is 11.8. The van der Waals surface area contributed by atoms with E-state index in [1.807, 2.05) is 0 Å². The van der Waals surface area contributed by atoms with Crippen LogP contribution in [0.4, 0.5) is 0 Å². The fraction of sp³-hybridized carbons (Fsp3) is 0.562. The van der Waals surface area contributed by atoms with E-state index < -0.39 is 0 Å². The molecule has 3 rings (SSSR count). The third-order valence-electron chi connectivity index (χ3n) is 4.09. The Kier molecular flexibility index (Phi) is 3.56. The van der Waals surface area contributed by atoms with Crippen LogP contribution >= 0.6 is 0 Å². The number of aromatic nitrogens is 1. The molecular formula is C16H22N2O. The van der Waals surface area contributed by atoms with Crippen LogP contribution in [-0.4, -0.2) is 18.1 Å². The van der Waals surface area contributed by atoms with Crippen LogP contribution in [0.25, 0.3) is 11.1 Å². The van der Waals surface area contributed by atoms with Gasteiger partial charge in [0.15, 0.2) is 11.5 Å². The summed E-state index contributed by atoms with van der Waals surface area (Å²) in [5, 5.41) is 3.41. The van der Waals surface area contributed by atoms with Crippen molar-refractivity contribution in [3.8, 4) is 0 Å². The first kappa shape index (κ1) is 12.7. The largest absolute Gasteiger partial charge is 0.440 e. The van der Waals surface area contributed by atoms with Gasteiger partial charge in [-0.05, 0) is 69.3 Å². The van der Waals surface area contributed by atoms with Gasteiger partial charge in [0.1, 0.15) is 5.52 Å². The molecule has 1 N–H and O–H groups in total. The van der Waals surface area contributed by atoms with Crippen LogP contribution in [0.1, 0.15) is 36.3 Å². The molecule has 3 heteroatoms. The number of hydrogen-bond donors (Lipinski definition) is 1. The molecule has 1 aromatic carbocycles. The summed E-state index contributed by atoms with van der Waals surface area (Å²) >= 11 is 0. The molecule has 1 aliphatic heterocycles. The summed E-state index contributed by atoms with van der Waals surface area (Å²) in [6.07, 6.45) is 4.75. The van der Waals surface area contributed by atoms with E-state index in [2.05, 4.69) is 36.3 Å². The van der Waals surface area contributed by atoms with Gasteiger partial charge in [0, 0.05) is 6.42 Å². The normalized spacial score (nSPS) is 17.2. The average molecular weight is 258 g/mol. The van der Waals surface area contributed by atoms with Gasteiger partial charge in [-0.15, -0.1) is 0 Å². The first-order chi connectivity index (χ1) is 9.22. The minimum Gasteiger partial charge on any atom is -0.440 e. The molecule has 1 aliphatic rings. The molecular weight excluding hydrogens is 236 g/mol. The summed E-state index contributed by atoms with van der Waals surface area (Å²) in [5.74, 6) is 1.74. The van der Waals surface area contributed by atoms with Crippen molar-refractivity contribution < 1.29 is 4.42 Å². The zero-order valence-corrected chi connectivity index (χ0v) is 11.8. The van der Waals surface area contributed by atoms with E-state index in [0.29, 0.717) is 0 Å². The smallest absolute Gasteiger partial charge is 0.195 e. The fourth-order valence-corrected chi connectivity index (χ4v) is 3.03. The first-order valence-electron chi connectivity index (χ1n) is 7.30. The maximum Gasteiger partial charge on any atom is 0.195 e. The van der Waals surface area contributed by atoms with Crippen LogP contribution in [0.2, 0.25) is 0 Å². The Morgan fingerprint density at radius 3 is 2.84 bits per heavy atom. The predicted molar refractivity (Wildman–Crippen MR) is 77.4 cm³/mol. The molecule has 0 unspecified atom stereocenters. The lowest BCUT2D eigenvalue weighted by Gasteiger charge is -2.21. The number of nitrogens with one attached hydrogen (secondary N) is 1. The van der Waals surface area contributed by atoms with E-state index in [9.17, 15) is 0 Å². The van der Waals surface area contributed by atoms with Crippen LogP contribution in [0.5, 0.6) is 0 Å². The topological polar surface area (TPSA) is 38.1 Å². The van der Waals surface area contributed by atoms with Crippen molar-refractivity contribution in [2.45, 2.75) is 39.5 Å². The Morgan fingerprint density at radius 2 is 2.05 bits per heavy atom. The predicted octanol–water partition coefficient (Wildman–Crippen LogP) is 3.38. The first-order valence-corrected chi connectivity index (χ1v) is 7.30. The van der Waals surface area contributed by atoms with Gasteiger partial charge in [-0.25, -0.2) is 4.98 Å². The van der Waals surface area contributed by atoms with E-state index in [-0.39, 0.29) is 0 Å². The zero-order chi connectivity index (χ0) is 13.2. The van der Waals surface area contributed by atoms with Crippen molar-refractivity contribution in [1.29, 1.82) is 0 Å². The number of aryl methyl sites for hydroxylation is 3. The standard InChI is InChI=1S/C16H22N2O/c1-11-9-12(2)16-14(10-11)18-15(19-16)4-3-13-5-7-17-8-6-13/h9-10,13,17H,3-8H2,1-2H3. The molecule has 0 bridgehead atoms. The maximum absolute atomic E-state index is 5.92. The number of rotatable bonds is 3. The Hall–Kier alpha value is -1.35. The molecule has 0 aliphatic carbocycles. The van der Waals surface area contributed by atoms with Gasteiger partial charge in [0.2, 0.25) is 0 Å². The van der Waals surface area contributed by atoms with Crippen LogP contribution in [0.3, 0.4) is 0 Å². The number of piperidine rings is 1. The summed E-state index contributed by atoms with van der Waals surface area (Å²) in [4.78, 5) is 4.64. The number of fused-ring (bicyclic) bond motifs is 1. The average Bonchev–Trinajstić information content (AvgIpc) is 2.81. The third-order valence-corrected chi connectivity index (χ3v) is 4.09. The van der Waals surface area contributed by atoms with E-state index in [0.717, 1.165) is 42.4 Å². The third kappa shape index (κ3) is 2.81. The monoisotopic (exact) mass is 258 g/mol. The van der Waals surface area contributed by atoms with E-state index >= 15 is 0 Å². The van der Waals surface area contributed by atoms with Gasteiger partial charge in [-0.1, -0.05) is 6.07 Å². The van der Waals surface area contributed by atoms with Crippen molar-refractivity contribution in [2.75, 3.05) is 13.1 Å². The number of hydrogen-bond acceptors (Lipinski definition) is 3. The van der Waals surface area contributed by atoms with Crippen molar-refractivity contribution in [3.63, 3.8) is 0 Å². The highest BCUT2D eigenvalue weighted by Crippen LogP contribution is 2.24. The molecule has 1 aromatic heterocycles. The molecule has 1 fully saturated rings. The molecule has 0 atom stereocenters. The summed E-state index contributed by atoms with van der Waals surface area (Å²) < 4.78 is 5.92. The second kappa shape index (κ2) is 5.33. The van der Waals surface area contributed by atoms with Crippen LogP contribution in [0, 0.1) is 19.8 Å². The van der Waals surface area contributed by atoms with Crippen molar-refractivity contribution in [2.24, 2.45) is 5.92 Å². The molecule has 1 saturated heterocycles. The quantitative estimate of drug-likeness (QED) is 0.917. The van der Waals surface area contributed by atoms with Gasteiger partial charge in [0.25, 0.3) is 0 Å². The van der Waals surface area contributed by atoms with E-state index in [1.165, 1.54) is 30.4 Å². The number of oxazole rings is 1. The molecule has 102 valence electrons. The minimum absolute atomic E-state index is 0.832. The molecule has 3 nitrogen and oxygen atoms in total. The van der Waals surface area contributed by atoms with Gasteiger partial charge < -0.3 is 9.73 Å². The Labute approximate surface area is 114 Å². The van der Waals surface area contributed by atoms with Gasteiger partial charge in [-0.2, -0.15) is 0 Å². The number of benzene rings is 1. The molecule has 0 amide bonds. The van der Waals surface area contributed by atoms with Crippen molar-refractivity contribution >= 4 is 11.1 Å².